The smallest absolute Gasteiger partial charge is 0.286 e. The molecule has 0 aromatic heterocycles. The highest BCUT2D eigenvalue weighted by Crippen LogP contribution is 1.87. The van der Waals surface area contributed by atoms with E-state index in [9.17, 15) is 26.3 Å². The summed E-state index contributed by atoms with van der Waals surface area (Å²) in [4.78, 5) is 0. The molecule has 0 aromatic rings. The van der Waals surface area contributed by atoms with Gasteiger partial charge in [-0.15, -0.1) is 12.4 Å². The molecule has 1 nitrogen and oxygen atoms in total. The van der Waals surface area contributed by atoms with Crippen molar-refractivity contribution in [1.82, 2.24) is 0 Å². The third-order valence-electron chi connectivity index (χ3n) is 0. The van der Waals surface area contributed by atoms with E-state index in [-0.39, 0.29) is 0 Å². The Morgan fingerprint density at radius 3 is 0.700 bits per heavy atom. The van der Waals surface area contributed by atoms with Gasteiger partial charge in [0, 0.05) is 0 Å². The van der Waals surface area contributed by atoms with Crippen LogP contribution in [0.5, 0.6) is 0 Å². The number of halogens is 6. The van der Waals surface area contributed by atoms with Crippen LogP contribution in [0, 0.1) is 4.78 Å². The van der Waals surface area contributed by atoms with E-state index in [0.29, 0.717) is 0 Å². The van der Waals surface area contributed by atoms with Crippen LogP contribution in [0.4, 0.5) is 26.3 Å². The minimum atomic E-state index is -3.67. The van der Waals surface area contributed by atoms with E-state index in [1.807, 2.05) is 0 Å². The zero-order chi connectivity index (χ0) is 9.15. The maximum atomic E-state index is 9.67. The fourth-order valence-corrected chi connectivity index (χ4v) is 0. The van der Waals surface area contributed by atoms with Gasteiger partial charge >= 0.3 is 13.4 Å². The summed E-state index contributed by atoms with van der Waals surface area (Å²) < 4.78 is 63.6. The first kappa shape index (κ1) is 16.4. The van der Waals surface area contributed by atoms with Gasteiger partial charge in [-0.25, -0.2) is 0 Å². The molecular weight excluding hydrogens is 184 g/mol. The first-order valence-electron chi connectivity index (χ1n) is 1.56. The first-order valence-corrected chi connectivity index (χ1v) is 2.06. The molecule has 0 radical (unpaired) electrons. The molecule has 0 aliphatic rings. The second-order valence-electron chi connectivity index (χ2n) is 0.495. The molecule has 0 saturated heterocycles. The molecule has 0 unspecified atom stereocenters. The van der Waals surface area contributed by atoms with E-state index in [4.69, 9.17) is 4.78 Å². The summed E-state index contributed by atoms with van der Waals surface area (Å²) in [7, 11) is 0. The van der Waals surface area contributed by atoms with Gasteiger partial charge in [-0.2, -0.15) is 26.3 Å². The number of rotatable bonds is 0. The van der Waals surface area contributed by atoms with Gasteiger partial charge in [0.05, 0.1) is 0 Å². The third-order valence-corrected chi connectivity index (χ3v) is 0. The normalized spacial score (nSPS) is 7.70. The van der Waals surface area contributed by atoms with Crippen molar-refractivity contribution in [2.45, 2.75) is 13.4 Å². The zero-order valence-corrected chi connectivity index (χ0v) is 5.42. The molecule has 0 heterocycles. The molecule has 0 aliphatic carbocycles. The van der Waals surface area contributed by atoms with Crippen LogP contribution < -0.4 is 0 Å². The Hall–Kier alpha value is -0.270. The predicted molar refractivity (Wildman–Crippen MR) is 27.1 cm³/mol. The molecule has 0 spiro atoms. The average molecular weight is 189 g/mol. The summed E-state index contributed by atoms with van der Waals surface area (Å²) in [5.41, 5.74) is 0. The van der Waals surface area contributed by atoms with Crippen molar-refractivity contribution in [1.29, 1.82) is 4.78 Å². The van der Waals surface area contributed by atoms with Gasteiger partial charge in [-0.05, 0) is 0 Å². The second-order valence-corrected chi connectivity index (χ2v) is 0.495. The van der Waals surface area contributed by atoms with Crippen molar-refractivity contribution in [3.8, 4) is 0 Å². The summed E-state index contributed by atoms with van der Waals surface area (Å²) in [6, 6.07) is 0. The molecule has 0 aliphatic heterocycles. The molecule has 0 aromatic carbocycles. The Bertz CT molecular complexity index is 39.5. The summed E-state index contributed by atoms with van der Waals surface area (Å²) in [6.07, 6.45) is 0. The van der Waals surface area contributed by atoms with Crippen molar-refractivity contribution < 1.29 is 26.3 Å². The van der Waals surface area contributed by atoms with E-state index in [1.165, 1.54) is 0 Å². The molecule has 0 saturated carbocycles. The van der Waals surface area contributed by atoms with Gasteiger partial charge < -0.3 is 0 Å². The summed E-state index contributed by atoms with van der Waals surface area (Å²) in [6.45, 7) is -7.33. The Morgan fingerprint density at radius 2 is 0.700 bits per heavy atom. The van der Waals surface area contributed by atoms with Crippen LogP contribution in [-0.2, 0) is 12.4 Å². The van der Waals surface area contributed by atoms with E-state index < -0.39 is 13.4 Å². The Labute approximate surface area is 58.0 Å². The number of hydrogen-bond acceptors (Lipinski definition) is 1. The molecule has 0 atom stereocenters. The standard InChI is InChI=1S/2CHF3.H3NS/c2*2-1(3)4;1-2/h2*1H;1H,2H2. The minimum Gasteiger partial charge on any atom is -0.286 e. The summed E-state index contributed by atoms with van der Waals surface area (Å²) >= 11 is 2.22. The van der Waals surface area contributed by atoms with Gasteiger partial charge in [0.25, 0.3) is 0 Å². The molecule has 0 fully saturated rings. The van der Waals surface area contributed by atoms with Crippen molar-refractivity contribution in [2.75, 3.05) is 0 Å². The van der Waals surface area contributed by atoms with E-state index >= 15 is 0 Å². The van der Waals surface area contributed by atoms with Crippen molar-refractivity contribution in [3.05, 3.63) is 0 Å². The summed E-state index contributed by atoms with van der Waals surface area (Å²) in [5.74, 6) is 0. The van der Waals surface area contributed by atoms with Crippen LogP contribution >= 0.6 is 0 Å². The zero-order valence-electron chi connectivity index (χ0n) is 4.42. The van der Waals surface area contributed by atoms with Crippen molar-refractivity contribution in [3.63, 3.8) is 0 Å². The number of alkyl halides is 6. The van der Waals surface area contributed by atoms with E-state index in [0.717, 1.165) is 0 Å². The van der Waals surface area contributed by atoms with Crippen LogP contribution in [0.3, 0.4) is 0 Å². The number of nitrogens with one attached hydrogen (secondary N) is 1. The third kappa shape index (κ3) is 4800. The maximum absolute atomic E-state index is 9.67. The summed E-state index contributed by atoms with van der Waals surface area (Å²) in [5, 5.41) is 0. The Morgan fingerprint density at radius 1 is 0.700 bits per heavy atom. The topological polar surface area (TPSA) is 23.9 Å². The monoisotopic (exact) mass is 189 g/mol. The lowest BCUT2D eigenvalue weighted by atomic mass is 11.6. The average Bonchev–Trinajstić information content (AvgIpc) is 1.66. The largest absolute Gasteiger partial charge is 0.379 e. The highest BCUT2D eigenvalue weighted by atomic mass is 32.1. The highest BCUT2D eigenvalue weighted by Gasteiger charge is 1.86. The fourth-order valence-electron chi connectivity index (χ4n) is 0. The van der Waals surface area contributed by atoms with Gasteiger partial charge in [0.1, 0.15) is 0 Å². The van der Waals surface area contributed by atoms with Crippen LogP contribution in [0.25, 0.3) is 0 Å². The Kier molecular flexibility index (Phi) is 26.0. The molecule has 8 heteroatoms. The second kappa shape index (κ2) is 15.9. The van der Waals surface area contributed by atoms with E-state index in [2.05, 4.69) is 12.4 Å². The molecule has 10 heavy (non-hydrogen) atoms. The van der Waals surface area contributed by atoms with Gasteiger partial charge in [-0.1, -0.05) is 0 Å². The lowest BCUT2D eigenvalue weighted by Crippen LogP contribution is -1.65. The van der Waals surface area contributed by atoms with Gasteiger partial charge in [-0.3, -0.25) is 4.78 Å². The lowest BCUT2D eigenvalue weighted by Gasteiger charge is -1.65. The predicted octanol–water partition coefficient (Wildman–Crippen LogP) is 2.12. The van der Waals surface area contributed by atoms with Crippen molar-refractivity contribution >= 4 is 12.4 Å². The molecule has 0 amide bonds. The van der Waals surface area contributed by atoms with Crippen LogP contribution in [-0.4, -0.2) is 13.4 Å². The van der Waals surface area contributed by atoms with Gasteiger partial charge in [0.15, 0.2) is 0 Å². The first-order chi connectivity index (χ1) is 4.46. The molecule has 0 rings (SSSR count). The molecule has 0 bridgehead atoms. The van der Waals surface area contributed by atoms with Crippen molar-refractivity contribution in [2.24, 2.45) is 0 Å². The highest BCUT2D eigenvalue weighted by molar-refractivity contribution is 7.45. The SMILES string of the molecule is FC(F)F.FC(F)F.N=[SH2]. The molecule has 1 N–H and O–H groups in total. The number of hydrogen-bond donors (Lipinski definition) is 1. The quantitative estimate of drug-likeness (QED) is 0.564. The van der Waals surface area contributed by atoms with Crippen LogP contribution in [0.2, 0.25) is 0 Å². The Balaban J connectivity index is -0.0000000787. The van der Waals surface area contributed by atoms with Crippen LogP contribution in [0.15, 0.2) is 0 Å². The minimum absolute atomic E-state index is 2.22. The van der Waals surface area contributed by atoms with Gasteiger partial charge in [0.2, 0.25) is 0 Å². The maximum Gasteiger partial charge on any atom is 0.379 e. The lowest BCUT2D eigenvalue weighted by molar-refractivity contribution is 0.00734. The van der Waals surface area contributed by atoms with E-state index in [1.54, 1.807) is 0 Å². The fraction of sp³-hybridized carbons (Fsp3) is 1.00. The molecule has 66 valence electrons. The molecular formula is C2H5F6NS. The van der Waals surface area contributed by atoms with Crippen LogP contribution in [0.1, 0.15) is 0 Å².